The molecule has 1 aromatic rings. The van der Waals surface area contributed by atoms with Gasteiger partial charge in [-0.3, -0.25) is 0 Å². The van der Waals surface area contributed by atoms with Crippen molar-refractivity contribution >= 4 is 10.0 Å². The van der Waals surface area contributed by atoms with E-state index in [2.05, 4.69) is 0 Å². The number of hydrogen-bond acceptors (Lipinski definition) is 4. The quantitative estimate of drug-likeness (QED) is 0.854. The van der Waals surface area contributed by atoms with Gasteiger partial charge in [-0.05, 0) is 37.8 Å². The summed E-state index contributed by atoms with van der Waals surface area (Å²) in [6.45, 7) is 0. The summed E-state index contributed by atoms with van der Waals surface area (Å²) in [6.07, 6.45) is 3.56. The molecule has 1 aromatic carbocycles. The molecule has 2 unspecified atom stereocenters. The lowest BCUT2D eigenvalue weighted by molar-refractivity contribution is 0.0349. The molecule has 0 amide bonds. The Kier molecular flexibility index (Phi) is 3.94. The SMILES string of the molecule is COc1ccccc1S(=O)(=O)N1C2CCC1CC(OC)C2. The fraction of sp³-hybridized carbons (Fsp3) is 0.600. The Balaban J connectivity index is 1.96. The summed E-state index contributed by atoms with van der Waals surface area (Å²) in [7, 11) is -0.317. The van der Waals surface area contributed by atoms with Crippen molar-refractivity contribution in [2.45, 2.75) is 48.8 Å². The Labute approximate surface area is 125 Å². The molecule has 2 aliphatic heterocycles. The molecule has 2 saturated heterocycles. The Morgan fingerprint density at radius 3 is 2.29 bits per heavy atom. The van der Waals surface area contributed by atoms with Crippen LogP contribution >= 0.6 is 0 Å². The van der Waals surface area contributed by atoms with Crippen molar-refractivity contribution in [3.05, 3.63) is 24.3 Å². The molecule has 21 heavy (non-hydrogen) atoms. The van der Waals surface area contributed by atoms with E-state index in [0.29, 0.717) is 5.75 Å². The van der Waals surface area contributed by atoms with Crippen LogP contribution < -0.4 is 4.74 Å². The Bertz CT molecular complexity index is 602. The average Bonchev–Trinajstić information content (AvgIpc) is 2.79. The molecule has 2 atom stereocenters. The van der Waals surface area contributed by atoms with Crippen LogP contribution in [0.15, 0.2) is 29.2 Å². The molecular weight excluding hydrogens is 290 g/mol. The number of nitrogens with zero attached hydrogens (tertiary/aromatic N) is 1. The molecule has 5 nitrogen and oxygen atoms in total. The molecule has 0 aromatic heterocycles. The number of rotatable bonds is 4. The van der Waals surface area contributed by atoms with Gasteiger partial charge in [0.1, 0.15) is 10.6 Å². The van der Waals surface area contributed by atoms with Crippen LogP contribution in [0.25, 0.3) is 0 Å². The van der Waals surface area contributed by atoms with Crippen molar-refractivity contribution in [3.63, 3.8) is 0 Å². The smallest absolute Gasteiger partial charge is 0.247 e. The molecule has 0 aliphatic carbocycles. The van der Waals surface area contributed by atoms with E-state index >= 15 is 0 Å². The van der Waals surface area contributed by atoms with Crippen LogP contribution in [0, 0.1) is 0 Å². The lowest BCUT2D eigenvalue weighted by Gasteiger charge is -2.37. The lowest BCUT2D eigenvalue weighted by atomic mass is 10.0. The molecule has 0 radical (unpaired) electrons. The average molecular weight is 311 g/mol. The summed E-state index contributed by atoms with van der Waals surface area (Å²) in [5, 5.41) is 0. The van der Waals surface area contributed by atoms with Gasteiger partial charge in [-0.1, -0.05) is 12.1 Å². The topological polar surface area (TPSA) is 55.8 Å². The van der Waals surface area contributed by atoms with Crippen LogP contribution in [-0.2, 0) is 14.8 Å². The first-order valence-electron chi connectivity index (χ1n) is 7.27. The monoisotopic (exact) mass is 311 g/mol. The predicted molar refractivity (Wildman–Crippen MR) is 78.9 cm³/mol. The highest BCUT2D eigenvalue weighted by Crippen LogP contribution is 2.41. The van der Waals surface area contributed by atoms with E-state index < -0.39 is 10.0 Å². The number of sulfonamides is 1. The normalized spacial score (nSPS) is 29.5. The van der Waals surface area contributed by atoms with Gasteiger partial charge in [0.15, 0.2) is 0 Å². The first-order chi connectivity index (χ1) is 10.1. The minimum atomic E-state index is -3.52. The Morgan fingerprint density at radius 2 is 1.71 bits per heavy atom. The van der Waals surface area contributed by atoms with E-state index in [-0.39, 0.29) is 23.1 Å². The highest BCUT2D eigenvalue weighted by atomic mass is 32.2. The second-order valence-electron chi connectivity index (χ2n) is 5.70. The molecule has 116 valence electrons. The zero-order chi connectivity index (χ0) is 15.0. The van der Waals surface area contributed by atoms with Crippen molar-refractivity contribution in [2.24, 2.45) is 0 Å². The maximum atomic E-state index is 13.0. The van der Waals surface area contributed by atoms with Crippen LogP contribution in [0.2, 0.25) is 0 Å². The van der Waals surface area contributed by atoms with E-state index in [1.165, 1.54) is 7.11 Å². The van der Waals surface area contributed by atoms with E-state index in [0.717, 1.165) is 25.7 Å². The van der Waals surface area contributed by atoms with Crippen LogP contribution in [-0.4, -0.2) is 45.1 Å². The zero-order valence-electron chi connectivity index (χ0n) is 12.4. The van der Waals surface area contributed by atoms with Gasteiger partial charge in [0.25, 0.3) is 0 Å². The van der Waals surface area contributed by atoms with Crippen molar-refractivity contribution in [1.82, 2.24) is 4.31 Å². The number of para-hydroxylation sites is 1. The molecule has 2 aliphatic rings. The molecule has 0 N–H and O–H groups in total. The third kappa shape index (κ3) is 2.45. The lowest BCUT2D eigenvalue weighted by Crippen LogP contribution is -2.48. The van der Waals surface area contributed by atoms with Crippen LogP contribution in [0.3, 0.4) is 0 Å². The van der Waals surface area contributed by atoms with Crippen molar-refractivity contribution in [1.29, 1.82) is 0 Å². The van der Waals surface area contributed by atoms with Crippen LogP contribution in [0.5, 0.6) is 5.75 Å². The number of benzene rings is 1. The number of fused-ring (bicyclic) bond motifs is 2. The summed E-state index contributed by atoms with van der Waals surface area (Å²) in [5.74, 6) is 0.408. The molecule has 2 heterocycles. The molecule has 2 bridgehead atoms. The second-order valence-corrected chi connectivity index (χ2v) is 7.51. The summed E-state index contributed by atoms with van der Waals surface area (Å²) in [4.78, 5) is 0.264. The predicted octanol–water partition coefficient (Wildman–Crippen LogP) is 2.03. The molecule has 0 saturated carbocycles. The third-order valence-electron chi connectivity index (χ3n) is 4.58. The van der Waals surface area contributed by atoms with Gasteiger partial charge < -0.3 is 9.47 Å². The standard InChI is InChI=1S/C15H21NO4S/c1-19-13-9-11-7-8-12(10-13)16(11)21(17,18)15-6-4-3-5-14(15)20-2/h3-6,11-13H,7-10H2,1-2H3. The molecule has 6 heteroatoms. The third-order valence-corrected chi connectivity index (χ3v) is 6.63. The zero-order valence-corrected chi connectivity index (χ0v) is 13.2. The van der Waals surface area contributed by atoms with Crippen molar-refractivity contribution in [2.75, 3.05) is 14.2 Å². The van der Waals surface area contributed by atoms with E-state index in [1.54, 1.807) is 35.7 Å². The van der Waals surface area contributed by atoms with Gasteiger partial charge in [0.2, 0.25) is 10.0 Å². The Morgan fingerprint density at radius 1 is 1.10 bits per heavy atom. The maximum absolute atomic E-state index is 13.0. The minimum absolute atomic E-state index is 0.0450. The molecule has 2 fully saturated rings. The van der Waals surface area contributed by atoms with E-state index in [9.17, 15) is 8.42 Å². The Hall–Kier alpha value is -1.11. The maximum Gasteiger partial charge on any atom is 0.247 e. The van der Waals surface area contributed by atoms with Crippen LogP contribution in [0.1, 0.15) is 25.7 Å². The fourth-order valence-corrected chi connectivity index (χ4v) is 5.67. The van der Waals surface area contributed by atoms with E-state index in [4.69, 9.17) is 9.47 Å². The highest BCUT2D eigenvalue weighted by Gasteiger charge is 2.47. The van der Waals surface area contributed by atoms with Gasteiger partial charge in [-0.2, -0.15) is 4.31 Å². The molecular formula is C15H21NO4S. The summed E-state index contributed by atoms with van der Waals surface area (Å²) in [6, 6.07) is 6.92. The van der Waals surface area contributed by atoms with E-state index in [1.807, 2.05) is 0 Å². The number of piperidine rings is 1. The first-order valence-corrected chi connectivity index (χ1v) is 8.71. The van der Waals surface area contributed by atoms with Crippen LogP contribution in [0.4, 0.5) is 0 Å². The van der Waals surface area contributed by atoms with Gasteiger partial charge >= 0.3 is 0 Å². The molecule has 3 rings (SSSR count). The number of hydrogen-bond donors (Lipinski definition) is 0. The van der Waals surface area contributed by atoms with Crippen molar-refractivity contribution in [3.8, 4) is 5.75 Å². The van der Waals surface area contributed by atoms with Gasteiger partial charge in [0.05, 0.1) is 13.2 Å². The number of methoxy groups -OCH3 is 2. The highest BCUT2D eigenvalue weighted by molar-refractivity contribution is 7.89. The summed E-state index contributed by atoms with van der Waals surface area (Å²) in [5.41, 5.74) is 0. The van der Waals surface area contributed by atoms with Crippen molar-refractivity contribution < 1.29 is 17.9 Å². The molecule has 0 spiro atoms. The summed E-state index contributed by atoms with van der Waals surface area (Å²) < 4.78 is 38.4. The first kappa shape index (κ1) is 14.8. The largest absolute Gasteiger partial charge is 0.495 e. The van der Waals surface area contributed by atoms with Gasteiger partial charge in [-0.15, -0.1) is 0 Å². The van der Waals surface area contributed by atoms with Gasteiger partial charge in [-0.25, -0.2) is 8.42 Å². The van der Waals surface area contributed by atoms with Gasteiger partial charge in [0, 0.05) is 19.2 Å². The fourth-order valence-electron chi connectivity index (χ4n) is 3.61. The second kappa shape index (κ2) is 5.59. The summed E-state index contributed by atoms with van der Waals surface area (Å²) >= 11 is 0. The minimum Gasteiger partial charge on any atom is -0.495 e. The number of ether oxygens (including phenoxy) is 2.